The summed E-state index contributed by atoms with van der Waals surface area (Å²) in [6, 6.07) is 11.4. The van der Waals surface area contributed by atoms with E-state index in [1.807, 2.05) is 37.4 Å². The Hall–Kier alpha value is -3.36. The van der Waals surface area contributed by atoms with Gasteiger partial charge in [-0.25, -0.2) is 9.78 Å². The number of aliphatic hydroxyl groups excluding tert-OH is 1. The molecule has 146 valence electrons. The van der Waals surface area contributed by atoms with Gasteiger partial charge in [-0.2, -0.15) is 0 Å². The predicted octanol–water partition coefficient (Wildman–Crippen LogP) is 4.05. The molecule has 4 rings (SSSR count). The number of nitrogens with zero attached hydrogens (tertiary/aromatic N) is 3. The lowest BCUT2D eigenvalue weighted by Crippen LogP contribution is -2.28. The van der Waals surface area contributed by atoms with Gasteiger partial charge in [0.2, 0.25) is 0 Å². The molecule has 8 heteroatoms. The number of hydrogen-bond donors (Lipinski definition) is 3. The van der Waals surface area contributed by atoms with Crippen LogP contribution in [0.5, 0.6) is 0 Å². The van der Waals surface area contributed by atoms with Crippen LogP contribution in [-0.2, 0) is 6.61 Å². The summed E-state index contributed by atoms with van der Waals surface area (Å²) in [4.78, 5) is 25.0. The fourth-order valence-corrected chi connectivity index (χ4v) is 3.96. The van der Waals surface area contributed by atoms with Gasteiger partial charge in [-0.1, -0.05) is 23.5 Å². The molecule has 3 heterocycles. The summed E-state index contributed by atoms with van der Waals surface area (Å²) in [5.74, 6) is 0. The Kier molecular flexibility index (Phi) is 5.46. The molecule has 2 amide bonds. The summed E-state index contributed by atoms with van der Waals surface area (Å²) >= 11 is 1.42. The number of thiazole rings is 1. The van der Waals surface area contributed by atoms with Gasteiger partial charge in [0, 0.05) is 41.8 Å². The molecule has 7 nitrogen and oxygen atoms in total. The second-order valence-electron chi connectivity index (χ2n) is 6.31. The quantitative estimate of drug-likeness (QED) is 0.465. The second kappa shape index (κ2) is 8.34. The Morgan fingerprint density at radius 2 is 2.03 bits per heavy atom. The van der Waals surface area contributed by atoms with Crippen LogP contribution >= 0.6 is 11.3 Å². The number of aliphatic hydroxyl groups is 1. The van der Waals surface area contributed by atoms with E-state index in [4.69, 9.17) is 0 Å². The maximum Gasteiger partial charge on any atom is 0.321 e. The van der Waals surface area contributed by atoms with Crippen LogP contribution in [0.15, 0.2) is 55.0 Å². The lowest BCUT2D eigenvalue weighted by molar-refractivity contribution is 0.252. The van der Waals surface area contributed by atoms with E-state index >= 15 is 0 Å². The van der Waals surface area contributed by atoms with Crippen LogP contribution in [0.3, 0.4) is 0 Å². The van der Waals surface area contributed by atoms with Crippen LogP contribution in [0.1, 0.15) is 12.6 Å². The van der Waals surface area contributed by atoms with Gasteiger partial charge in [0.1, 0.15) is 0 Å². The minimum absolute atomic E-state index is 0.0960. The molecule has 1 aromatic carbocycles. The molecular weight excluding hydrogens is 386 g/mol. The fraction of sp³-hybridized carbons (Fsp3) is 0.143. The van der Waals surface area contributed by atoms with Crippen molar-refractivity contribution in [3.8, 4) is 22.3 Å². The highest BCUT2D eigenvalue weighted by atomic mass is 32.1. The largest absolute Gasteiger partial charge is 0.390 e. The second-order valence-corrected chi connectivity index (χ2v) is 7.31. The summed E-state index contributed by atoms with van der Waals surface area (Å²) < 4.78 is 0.966. The number of pyridine rings is 2. The summed E-state index contributed by atoms with van der Waals surface area (Å²) in [5, 5.41) is 15.3. The summed E-state index contributed by atoms with van der Waals surface area (Å²) in [7, 11) is 0. The van der Waals surface area contributed by atoms with Crippen LogP contribution in [0, 0.1) is 0 Å². The zero-order chi connectivity index (χ0) is 20.2. The molecule has 3 N–H and O–H groups in total. The number of urea groups is 1. The first-order valence-corrected chi connectivity index (χ1v) is 9.95. The summed E-state index contributed by atoms with van der Waals surface area (Å²) in [5.41, 5.74) is 5.21. The van der Waals surface area contributed by atoms with E-state index in [0.29, 0.717) is 17.4 Å². The molecular formula is C21H19N5O2S. The first-order valence-electron chi connectivity index (χ1n) is 9.14. The van der Waals surface area contributed by atoms with E-state index in [9.17, 15) is 9.90 Å². The SMILES string of the molecule is CCNC(=O)Nc1nc2cc(-c3ccc(CO)nc3)cc(-c3cccnc3)c2s1. The van der Waals surface area contributed by atoms with Gasteiger partial charge in [0.05, 0.1) is 22.5 Å². The minimum Gasteiger partial charge on any atom is -0.390 e. The van der Waals surface area contributed by atoms with Crippen molar-refractivity contribution in [2.24, 2.45) is 0 Å². The van der Waals surface area contributed by atoms with Gasteiger partial charge < -0.3 is 10.4 Å². The average molecular weight is 405 g/mol. The zero-order valence-corrected chi connectivity index (χ0v) is 16.5. The molecule has 3 aromatic heterocycles. The number of rotatable bonds is 5. The van der Waals surface area contributed by atoms with Crippen molar-refractivity contribution in [3.63, 3.8) is 0 Å². The maximum absolute atomic E-state index is 11.9. The summed E-state index contributed by atoms with van der Waals surface area (Å²) in [6.45, 7) is 2.31. The van der Waals surface area contributed by atoms with Gasteiger partial charge >= 0.3 is 6.03 Å². The number of fused-ring (bicyclic) bond motifs is 1. The number of carbonyl (C=O) groups excluding carboxylic acids is 1. The maximum atomic E-state index is 11.9. The summed E-state index contributed by atoms with van der Waals surface area (Å²) in [6.07, 6.45) is 5.28. The first-order chi connectivity index (χ1) is 14.2. The monoisotopic (exact) mass is 405 g/mol. The molecule has 0 aliphatic carbocycles. The molecule has 0 radical (unpaired) electrons. The number of hydrogen-bond acceptors (Lipinski definition) is 6. The molecule has 0 aliphatic heterocycles. The van der Waals surface area contributed by atoms with Gasteiger partial charge in [0.25, 0.3) is 0 Å². The number of benzene rings is 1. The number of carbonyl (C=O) groups is 1. The van der Waals surface area contributed by atoms with Gasteiger partial charge in [-0.15, -0.1) is 0 Å². The van der Waals surface area contributed by atoms with Crippen LogP contribution in [0.4, 0.5) is 9.93 Å². The number of amides is 2. The van der Waals surface area contributed by atoms with Crippen molar-refractivity contribution >= 4 is 32.7 Å². The molecule has 0 bridgehead atoms. The van der Waals surface area contributed by atoms with Crippen molar-refractivity contribution in [2.45, 2.75) is 13.5 Å². The molecule has 0 saturated heterocycles. The van der Waals surface area contributed by atoms with Gasteiger partial charge in [-0.05, 0) is 36.8 Å². The Labute approximate surface area is 171 Å². The third-order valence-electron chi connectivity index (χ3n) is 4.34. The molecule has 0 aliphatic rings. The molecule has 0 fully saturated rings. The molecule has 29 heavy (non-hydrogen) atoms. The van der Waals surface area contributed by atoms with Crippen LogP contribution in [-0.4, -0.2) is 32.6 Å². The molecule has 0 saturated carbocycles. The number of nitrogens with one attached hydrogen (secondary N) is 2. The Morgan fingerprint density at radius 1 is 1.14 bits per heavy atom. The third kappa shape index (κ3) is 4.08. The first kappa shape index (κ1) is 19.0. The number of aromatic nitrogens is 3. The van der Waals surface area contributed by atoms with E-state index in [-0.39, 0.29) is 12.6 Å². The molecule has 0 unspecified atom stereocenters. The Morgan fingerprint density at radius 3 is 2.72 bits per heavy atom. The van der Waals surface area contributed by atoms with Gasteiger partial charge in [0.15, 0.2) is 5.13 Å². The van der Waals surface area contributed by atoms with Crippen molar-refractivity contribution in [1.29, 1.82) is 0 Å². The number of anilines is 1. The van der Waals surface area contributed by atoms with E-state index in [2.05, 4.69) is 31.7 Å². The van der Waals surface area contributed by atoms with Crippen molar-refractivity contribution in [3.05, 3.63) is 60.7 Å². The molecule has 0 atom stereocenters. The van der Waals surface area contributed by atoms with Crippen LogP contribution in [0.2, 0.25) is 0 Å². The van der Waals surface area contributed by atoms with Crippen molar-refractivity contribution < 1.29 is 9.90 Å². The standard InChI is InChI=1S/C21H19N5O2S/c1-2-23-20(28)26-21-25-18-9-15(13-5-6-16(12-27)24-11-13)8-17(19(18)29-21)14-4-3-7-22-10-14/h3-11,27H,2,12H2,1H3,(H2,23,25,26,28). The molecule has 0 spiro atoms. The lowest BCUT2D eigenvalue weighted by atomic mass is 10.00. The van der Waals surface area contributed by atoms with E-state index in [0.717, 1.165) is 32.5 Å². The van der Waals surface area contributed by atoms with Crippen molar-refractivity contribution in [1.82, 2.24) is 20.3 Å². The highest BCUT2D eigenvalue weighted by Gasteiger charge is 2.14. The normalized spacial score (nSPS) is 10.8. The minimum atomic E-state index is -0.279. The molecule has 4 aromatic rings. The third-order valence-corrected chi connectivity index (χ3v) is 5.36. The van der Waals surface area contributed by atoms with E-state index in [1.54, 1.807) is 18.5 Å². The smallest absolute Gasteiger partial charge is 0.321 e. The van der Waals surface area contributed by atoms with Crippen LogP contribution < -0.4 is 10.6 Å². The Balaban J connectivity index is 1.84. The lowest BCUT2D eigenvalue weighted by Gasteiger charge is -2.08. The van der Waals surface area contributed by atoms with Gasteiger partial charge in [-0.3, -0.25) is 15.3 Å². The fourth-order valence-electron chi connectivity index (χ4n) is 2.98. The van der Waals surface area contributed by atoms with Crippen LogP contribution in [0.25, 0.3) is 32.5 Å². The average Bonchev–Trinajstić information content (AvgIpc) is 3.16. The van der Waals surface area contributed by atoms with E-state index in [1.165, 1.54) is 11.3 Å². The van der Waals surface area contributed by atoms with E-state index < -0.39 is 0 Å². The van der Waals surface area contributed by atoms with Crippen molar-refractivity contribution in [2.75, 3.05) is 11.9 Å². The Bertz CT molecular complexity index is 1140. The topological polar surface area (TPSA) is 100 Å². The zero-order valence-electron chi connectivity index (χ0n) is 15.7. The predicted molar refractivity (Wildman–Crippen MR) is 115 cm³/mol. The highest BCUT2D eigenvalue weighted by molar-refractivity contribution is 7.22. The highest BCUT2D eigenvalue weighted by Crippen LogP contribution is 2.38.